The average molecular weight is 508 g/mol. The van der Waals surface area contributed by atoms with Crippen LogP contribution in [-0.4, -0.2) is 47.0 Å². The highest BCUT2D eigenvalue weighted by Crippen LogP contribution is 2.28. The summed E-state index contributed by atoms with van der Waals surface area (Å²) in [5, 5.41) is 2.69. The van der Waals surface area contributed by atoms with E-state index in [-0.39, 0.29) is 27.9 Å². The number of nitrogens with zero attached hydrogens (tertiary/aromatic N) is 3. The number of anilines is 2. The molecule has 1 aliphatic rings. The van der Waals surface area contributed by atoms with Crippen molar-refractivity contribution in [2.45, 2.75) is 38.6 Å². The Kier molecular flexibility index (Phi) is 6.59. The lowest BCUT2D eigenvalue weighted by molar-refractivity contribution is -0.121. The molecule has 3 amide bonds. The second-order valence-corrected chi connectivity index (χ2v) is 10.5. The summed E-state index contributed by atoms with van der Waals surface area (Å²) in [4.78, 5) is 48.1. The minimum absolute atomic E-state index is 0.0365. The van der Waals surface area contributed by atoms with Gasteiger partial charge in [-0.15, -0.1) is 0 Å². The zero-order valence-electron chi connectivity index (χ0n) is 20.1. The van der Waals surface area contributed by atoms with Crippen LogP contribution in [0, 0.1) is 19.8 Å². The normalized spacial score (nSPS) is 14.1. The van der Waals surface area contributed by atoms with Gasteiger partial charge in [0.15, 0.2) is 0 Å². The summed E-state index contributed by atoms with van der Waals surface area (Å²) in [6.45, 7) is 6.95. The van der Waals surface area contributed by atoms with Gasteiger partial charge in [-0.1, -0.05) is 26.0 Å². The number of hydrogen-bond acceptors (Lipinski definition) is 7. The number of carbonyl (C=O) groups is 3. The molecule has 2 N–H and O–H groups in total. The van der Waals surface area contributed by atoms with Crippen LogP contribution in [0.5, 0.6) is 0 Å². The van der Waals surface area contributed by atoms with E-state index < -0.39 is 33.8 Å². The second-order valence-electron chi connectivity index (χ2n) is 8.81. The summed E-state index contributed by atoms with van der Waals surface area (Å²) >= 11 is 0. The lowest BCUT2D eigenvalue weighted by Crippen LogP contribution is -2.50. The van der Waals surface area contributed by atoms with E-state index >= 15 is 0 Å². The Hall–Kier alpha value is -4.12. The fourth-order valence-electron chi connectivity index (χ4n) is 4.06. The molecule has 2 heterocycles. The minimum Gasteiger partial charge on any atom is -0.324 e. The van der Waals surface area contributed by atoms with Crippen molar-refractivity contribution in [1.29, 1.82) is 0 Å². The molecule has 0 saturated carbocycles. The number of hydrogen-bond donors (Lipinski definition) is 2. The maximum atomic E-state index is 13.2. The van der Waals surface area contributed by atoms with Crippen LogP contribution in [0.1, 0.15) is 46.0 Å². The fraction of sp³-hybridized carbons (Fsp3) is 0.240. The van der Waals surface area contributed by atoms with Gasteiger partial charge in [0.2, 0.25) is 11.9 Å². The largest absolute Gasteiger partial charge is 0.324 e. The summed E-state index contributed by atoms with van der Waals surface area (Å²) in [6, 6.07) is 12.6. The third-order valence-corrected chi connectivity index (χ3v) is 6.99. The van der Waals surface area contributed by atoms with Crippen LogP contribution < -0.4 is 10.0 Å². The molecule has 0 aliphatic carbocycles. The number of sulfonamides is 1. The number of imide groups is 1. The van der Waals surface area contributed by atoms with Crippen LogP contribution in [0.15, 0.2) is 59.5 Å². The quantitative estimate of drug-likeness (QED) is 0.469. The van der Waals surface area contributed by atoms with Crippen LogP contribution in [-0.2, 0) is 14.8 Å². The van der Waals surface area contributed by atoms with Crippen LogP contribution >= 0.6 is 0 Å². The van der Waals surface area contributed by atoms with Crippen molar-refractivity contribution in [3.05, 3.63) is 77.1 Å². The van der Waals surface area contributed by atoms with Gasteiger partial charge in [-0.25, -0.2) is 23.1 Å². The number of nitrogens with one attached hydrogen (secondary N) is 2. The highest BCUT2D eigenvalue weighted by atomic mass is 32.2. The first-order chi connectivity index (χ1) is 17.0. The number of aryl methyl sites for hydroxylation is 2. The first-order valence-corrected chi connectivity index (χ1v) is 12.7. The van der Waals surface area contributed by atoms with Gasteiger partial charge in [0.05, 0.1) is 16.0 Å². The molecule has 0 radical (unpaired) electrons. The number of aromatic nitrogens is 2. The van der Waals surface area contributed by atoms with Crippen molar-refractivity contribution in [1.82, 2.24) is 14.9 Å². The molecule has 2 aromatic carbocycles. The fourth-order valence-corrected chi connectivity index (χ4v) is 5.01. The highest BCUT2D eigenvalue weighted by molar-refractivity contribution is 7.92. The molecule has 11 heteroatoms. The first-order valence-electron chi connectivity index (χ1n) is 11.2. The molecular formula is C25H25N5O5S. The predicted molar refractivity (Wildman–Crippen MR) is 133 cm³/mol. The van der Waals surface area contributed by atoms with Crippen LogP contribution in [0.2, 0.25) is 0 Å². The Balaban J connectivity index is 1.51. The molecule has 4 rings (SSSR count). The van der Waals surface area contributed by atoms with Crippen LogP contribution in [0.25, 0.3) is 0 Å². The second kappa shape index (κ2) is 9.50. The molecular weight excluding hydrogens is 482 g/mol. The maximum absolute atomic E-state index is 13.2. The molecule has 0 spiro atoms. The number of benzene rings is 2. The molecule has 1 aromatic heterocycles. The van der Waals surface area contributed by atoms with Crippen molar-refractivity contribution in [2.24, 2.45) is 5.92 Å². The van der Waals surface area contributed by atoms with Crippen molar-refractivity contribution in [3.63, 3.8) is 0 Å². The van der Waals surface area contributed by atoms with Crippen molar-refractivity contribution < 1.29 is 22.8 Å². The van der Waals surface area contributed by atoms with Gasteiger partial charge >= 0.3 is 0 Å². The first kappa shape index (κ1) is 25.0. The molecule has 0 bridgehead atoms. The average Bonchev–Trinajstić information content (AvgIpc) is 3.04. The summed E-state index contributed by atoms with van der Waals surface area (Å²) in [5.74, 6) is -2.01. The third-order valence-electron chi connectivity index (χ3n) is 5.64. The summed E-state index contributed by atoms with van der Waals surface area (Å²) in [7, 11) is -3.97. The van der Waals surface area contributed by atoms with Gasteiger partial charge in [-0.05, 0) is 62.2 Å². The van der Waals surface area contributed by atoms with Gasteiger partial charge in [0.25, 0.3) is 21.8 Å². The molecule has 1 atom stereocenters. The Morgan fingerprint density at radius 1 is 0.889 bits per heavy atom. The minimum atomic E-state index is -3.97. The topological polar surface area (TPSA) is 138 Å². The Morgan fingerprint density at radius 3 is 1.92 bits per heavy atom. The van der Waals surface area contributed by atoms with Crippen LogP contribution in [0.4, 0.5) is 11.6 Å². The standard InChI is InChI=1S/C25H25N5O5S/c1-14(2)21(30-23(32)19-7-5-6-8-20(19)24(30)33)22(31)28-17-9-11-18(12-10-17)36(34,35)29-25-26-15(3)13-16(4)27-25/h5-14,21H,1-4H3,(H,28,31)(H,26,27,29). The van der Waals surface area contributed by atoms with E-state index in [0.717, 1.165) is 4.90 Å². The number of rotatable bonds is 7. The maximum Gasteiger partial charge on any atom is 0.264 e. The highest BCUT2D eigenvalue weighted by Gasteiger charge is 2.43. The predicted octanol–water partition coefficient (Wildman–Crippen LogP) is 3.15. The number of carbonyl (C=O) groups excluding carboxylic acids is 3. The molecule has 0 fully saturated rings. The van der Waals surface area contributed by atoms with E-state index in [1.54, 1.807) is 58.0 Å². The number of fused-ring (bicyclic) bond motifs is 1. The Morgan fingerprint density at radius 2 is 1.42 bits per heavy atom. The van der Waals surface area contributed by atoms with E-state index in [1.165, 1.54) is 24.3 Å². The number of amides is 3. The van der Waals surface area contributed by atoms with Gasteiger partial charge in [-0.3, -0.25) is 19.3 Å². The Bertz CT molecular complexity index is 1410. The van der Waals surface area contributed by atoms with E-state index in [9.17, 15) is 22.8 Å². The van der Waals surface area contributed by atoms with Crippen LogP contribution in [0.3, 0.4) is 0 Å². The van der Waals surface area contributed by atoms with E-state index in [4.69, 9.17) is 0 Å². The van der Waals surface area contributed by atoms with E-state index in [1.807, 2.05) is 0 Å². The zero-order chi connectivity index (χ0) is 26.2. The molecule has 10 nitrogen and oxygen atoms in total. The summed E-state index contributed by atoms with van der Waals surface area (Å²) in [6.07, 6.45) is 0. The van der Waals surface area contributed by atoms with Gasteiger partial charge in [0.1, 0.15) is 6.04 Å². The van der Waals surface area contributed by atoms with E-state index in [2.05, 4.69) is 20.0 Å². The molecule has 1 unspecified atom stereocenters. The monoisotopic (exact) mass is 507 g/mol. The molecule has 0 saturated heterocycles. The zero-order valence-corrected chi connectivity index (χ0v) is 21.0. The molecule has 36 heavy (non-hydrogen) atoms. The summed E-state index contributed by atoms with van der Waals surface area (Å²) in [5.41, 5.74) is 2.07. The van der Waals surface area contributed by atoms with E-state index in [0.29, 0.717) is 17.1 Å². The third kappa shape index (κ3) is 4.82. The van der Waals surface area contributed by atoms with Crippen molar-refractivity contribution in [3.8, 4) is 0 Å². The van der Waals surface area contributed by atoms with Gasteiger partial charge in [0, 0.05) is 17.1 Å². The summed E-state index contributed by atoms with van der Waals surface area (Å²) < 4.78 is 27.8. The van der Waals surface area contributed by atoms with Crippen molar-refractivity contribution >= 4 is 39.4 Å². The lowest BCUT2D eigenvalue weighted by Gasteiger charge is -2.28. The van der Waals surface area contributed by atoms with Gasteiger partial charge in [-0.2, -0.15) is 0 Å². The SMILES string of the molecule is Cc1cc(C)nc(NS(=O)(=O)c2ccc(NC(=O)C(C(C)C)N3C(=O)c4ccccc4C3=O)cc2)n1. The van der Waals surface area contributed by atoms with Crippen molar-refractivity contribution in [2.75, 3.05) is 10.0 Å². The van der Waals surface area contributed by atoms with Gasteiger partial charge < -0.3 is 5.32 Å². The smallest absolute Gasteiger partial charge is 0.264 e. The lowest BCUT2D eigenvalue weighted by atomic mass is 10.0. The molecule has 186 valence electrons. The molecule has 1 aliphatic heterocycles. The Labute approximate surface area is 208 Å². The molecule has 3 aromatic rings.